The van der Waals surface area contributed by atoms with Crippen molar-refractivity contribution in [2.45, 2.75) is 51.1 Å². The third-order valence-corrected chi connectivity index (χ3v) is 9.49. The van der Waals surface area contributed by atoms with Crippen molar-refractivity contribution in [1.29, 1.82) is 0 Å². The standard InChI is InChI=1S/C29H31F3N4O6S/c1-18-14-21(26(38)35-10-6-22(37)17-35)15-19(2)24(18)7-13-43(40,41)36-11-8-28(9-12-36)27(39)33-25(34-28)20-4-3-5-23(16-20)42-29(30,31)32/h3-5,7,13-16,22,37H,6,8-12,17H2,1-2H3,(H,33,34,39)/b13-7+. The summed E-state index contributed by atoms with van der Waals surface area (Å²) in [5.74, 6) is -0.977. The van der Waals surface area contributed by atoms with Crippen LogP contribution in [0.15, 0.2) is 46.8 Å². The first-order chi connectivity index (χ1) is 20.2. The number of amides is 2. The Hall–Kier alpha value is -3.75. The number of aliphatic hydroxyl groups excluding tert-OH is 1. The van der Waals surface area contributed by atoms with E-state index in [0.29, 0.717) is 24.1 Å². The summed E-state index contributed by atoms with van der Waals surface area (Å²) in [5, 5.41) is 13.5. The Morgan fingerprint density at radius 1 is 1.14 bits per heavy atom. The van der Waals surface area contributed by atoms with E-state index < -0.39 is 39.7 Å². The minimum Gasteiger partial charge on any atom is -0.406 e. The average Bonchev–Trinajstić information content (AvgIpc) is 3.50. The number of alkyl halides is 3. The van der Waals surface area contributed by atoms with Crippen molar-refractivity contribution < 1.29 is 41.0 Å². The number of amidine groups is 1. The number of benzene rings is 2. The number of aliphatic imine (C=N–C) groups is 1. The lowest BCUT2D eigenvalue weighted by Crippen LogP contribution is -2.50. The van der Waals surface area contributed by atoms with E-state index >= 15 is 0 Å². The zero-order chi connectivity index (χ0) is 31.2. The minimum atomic E-state index is -4.87. The summed E-state index contributed by atoms with van der Waals surface area (Å²) in [6.45, 7) is 4.37. The molecule has 2 aromatic rings. The maximum Gasteiger partial charge on any atom is 0.573 e. The van der Waals surface area contributed by atoms with E-state index in [9.17, 15) is 36.3 Å². The van der Waals surface area contributed by atoms with Crippen molar-refractivity contribution in [1.82, 2.24) is 14.5 Å². The molecule has 0 aliphatic carbocycles. The van der Waals surface area contributed by atoms with Gasteiger partial charge in [-0.1, -0.05) is 12.1 Å². The molecule has 2 aromatic carbocycles. The van der Waals surface area contributed by atoms with E-state index in [2.05, 4.69) is 15.0 Å². The number of aliphatic hydroxyl groups is 1. The summed E-state index contributed by atoms with van der Waals surface area (Å²) in [4.78, 5) is 31.8. The lowest BCUT2D eigenvalue weighted by atomic mass is 9.89. The van der Waals surface area contributed by atoms with Gasteiger partial charge in [0.2, 0.25) is 10.0 Å². The highest BCUT2D eigenvalue weighted by Crippen LogP contribution is 2.33. The van der Waals surface area contributed by atoms with E-state index in [4.69, 9.17) is 0 Å². The van der Waals surface area contributed by atoms with Gasteiger partial charge in [0.1, 0.15) is 17.1 Å². The number of carbonyl (C=O) groups is 2. The highest BCUT2D eigenvalue weighted by atomic mass is 32.2. The largest absolute Gasteiger partial charge is 0.573 e. The van der Waals surface area contributed by atoms with Gasteiger partial charge in [-0.2, -0.15) is 4.31 Å². The molecule has 1 atom stereocenters. The molecule has 14 heteroatoms. The van der Waals surface area contributed by atoms with Crippen molar-refractivity contribution >= 4 is 33.7 Å². The summed E-state index contributed by atoms with van der Waals surface area (Å²) in [6, 6.07) is 8.52. The summed E-state index contributed by atoms with van der Waals surface area (Å²) in [5.41, 5.74) is 1.59. The lowest BCUT2D eigenvalue weighted by Gasteiger charge is -2.34. The fraction of sp³-hybridized carbons (Fsp3) is 0.414. The number of nitrogens with zero attached hydrogens (tertiary/aromatic N) is 3. The number of rotatable bonds is 6. The molecular weight excluding hydrogens is 589 g/mol. The van der Waals surface area contributed by atoms with Crippen molar-refractivity contribution in [3.63, 3.8) is 0 Å². The highest BCUT2D eigenvalue weighted by molar-refractivity contribution is 7.92. The number of hydrogen-bond acceptors (Lipinski definition) is 7. The Balaban J connectivity index is 1.26. The molecule has 0 aromatic heterocycles. The van der Waals surface area contributed by atoms with Crippen molar-refractivity contribution in [2.24, 2.45) is 4.99 Å². The van der Waals surface area contributed by atoms with Crippen LogP contribution < -0.4 is 10.1 Å². The van der Waals surface area contributed by atoms with Crippen LogP contribution in [-0.4, -0.2) is 84.6 Å². The minimum absolute atomic E-state index is 0.0151. The number of aryl methyl sites for hydroxylation is 2. The van der Waals surface area contributed by atoms with Crippen LogP contribution in [0.25, 0.3) is 6.08 Å². The van der Waals surface area contributed by atoms with Crippen LogP contribution in [-0.2, 0) is 14.8 Å². The fourth-order valence-electron chi connectivity index (χ4n) is 5.65. The van der Waals surface area contributed by atoms with Gasteiger partial charge < -0.3 is 20.1 Å². The van der Waals surface area contributed by atoms with Gasteiger partial charge >= 0.3 is 6.36 Å². The summed E-state index contributed by atoms with van der Waals surface area (Å²) in [6.07, 6.45) is -3.19. The SMILES string of the molecule is Cc1cc(C(=O)N2CCC(O)C2)cc(C)c1/C=C/S(=O)(=O)N1CCC2(CC1)N=C(c1cccc(OC(F)(F)F)c1)NC2=O. The van der Waals surface area contributed by atoms with Crippen LogP contribution in [0.5, 0.6) is 5.75 Å². The maximum absolute atomic E-state index is 13.2. The molecule has 0 saturated carbocycles. The first-order valence-corrected chi connectivity index (χ1v) is 15.2. The molecule has 3 heterocycles. The second kappa shape index (κ2) is 11.4. The highest BCUT2D eigenvalue weighted by Gasteiger charge is 2.47. The molecule has 230 valence electrons. The Kier molecular flexibility index (Phi) is 8.13. The first-order valence-electron chi connectivity index (χ1n) is 13.7. The van der Waals surface area contributed by atoms with Crippen molar-refractivity contribution in [3.8, 4) is 5.75 Å². The van der Waals surface area contributed by atoms with Crippen LogP contribution in [0.4, 0.5) is 13.2 Å². The number of ether oxygens (including phenoxy) is 1. The number of sulfonamides is 1. The summed E-state index contributed by atoms with van der Waals surface area (Å²) in [7, 11) is -3.87. The van der Waals surface area contributed by atoms with Crippen LogP contribution in [0.3, 0.4) is 0 Å². The van der Waals surface area contributed by atoms with Gasteiger partial charge in [-0.3, -0.25) is 14.6 Å². The molecule has 3 aliphatic rings. The van der Waals surface area contributed by atoms with Crippen LogP contribution in [0, 0.1) is 13.8 Å². The van der Waals surface area contributed by atoms with E-state index in [-0.39, 0.29) is 49.8 Å². The first kappa shape index (κ1) is 30.7. The van der Waals surface area contributed by atoms with Gasteiger partial charge in [-0.05, 0) is 80.1 Å². The Labute approximate surface area is 246 Å². The van der Waals surface area contributed by atoms with Gasteiger partial charge in [0.05, 0.1) is 6.10 Å². The fourth-order valence-corrected chi connectivity index (χ4v) is 6.83. The second-order valence-corrected chi connectivity index (χ2v) is 12.8. The van der Waals surface area contributed by atoms with Crippen molar-refractivity contribution in [3.05, 3.63) is 69.6 Å². The molecule has 43 heavy (non-hydrogen) atoms. The van der Waals surface area contributed by atoms with Gasteiger partial charge in [-0.15, -0.1) is 13.2 Å². The Bertz CT molecular complexity index is 1590. The molecule has 2 N–H and O–H groups in total. The molecule has 2 amide bonds. The zero-order valence-corrected chi connectivity index (χ0v) is 24.3. The van der Waals surface area contributed by atoms with Crippen LogP contribution >= 0.6 is 0 Å². The number of hydrogen-bond donors (Lipinski definition) is 2. The summed E-state index contributed by atoms with van der Waals surface area (Å²) >= 11 is 0. The number of β-amino-alcohol motifs (C(OH)–C–C–N with tert-alkyl or cyclic N) is 1. The lowest BCUT2D eigenvalue weighted by molar-refractivity contribution is -0.274. The van der Waals surface area contributed by atoms with Crippen molar-refractivity contribution in [2.75, 3.05) is 26.2 Å². The predicted octanol–water partition coefficient (Wildman–Crippen LogP) is 3.12. The molecule has 5 rings (SSSR count). The number of piperidine rings is 1. The van der Waals surface area contributed by atoms with Gasteiger partial charge in [0.15, 0.2) is 0 Å². The molecule has 2 fully saturated rings. The molecular formula is C29H31F3N4O6S. The van der Waals surface area contributed by atoms with E-state index in [0.717, 1.165) is 28.7 Å². The Morgan fingerprint density at radius 3 is 2.42 bits per heavy atom. The topological polar surface area (TPSA) is 129 Å². The number of carbonyl (C=O) groups excluding carboxylic acids is 2. The molecule has 10 nitrogen and oxygen atoms in total. The van der Waals surface area contributed by atoms with Gasteiger partial charge in [0, 0.05) is 42.7 Å². The molecule has 3 aliphatic heterocycles. The number of halogens is 3. The third-order valence-electron chi connectivity index (χ3n) is 7.93. The number of nitrogens with one attached hydrogen (secondary N) is 1. The normalized spacial score (nSPS) is 21.0. The third kappa shape index (κ3) is 6.60. The van der Waals surface area contributed by atoms with Gasteiger partial charge in [0.25, 0.3) is 11.8 Å². The van der Waals surface area contributed by atoms with Crippen LogP contribution in [0.2, 0.25) is 0 Å². The smallest absolute Gasteiger partial charge is 0.406 e. The Morgan fingerprint density at radius 2 is 1.81 bits per heavy atom. The second-order valence-electron chi connectivity index (χ2n) is 11.0. The molecule has 1 unspecified atom stereocenters. The molecule has 2 saturated heterocycles. The van der Waals surface area contributed by atoms with E-state index in [1.54, 1.807) is 30.9 Å². The summed E-state index contributed by atoms with van der Waals surface area (Å²) < 4.78 is 69.5. The quantitative estimate of drug-likeness (QED) is 0.511. The molecule has 0 bridgehead atoms. The maximum atomic E-state index is 13.2. The average molecular weight is 621 g/mol. The van der Waals surface area contributed by atoms with Gasteiger partial charge in [-0.25, -0.2) is 8.42 Å². The van der Waals surface area contributed by atoms with Crippen LogP contribution in [0.1, 0.15) is 51.9 Å². The number of likely N-dealkylation sites (tertiary alicyclic amines) is 1. The van der Waals surface area contributed by atoms with E-state index in [1.165, 1.54) is 22.5 Å². The molecule has 1 spiro atoms. The zero-order valence-electron chi connectivity index (χ0n) is 23.5. The predicted molar refractivity (Wildman–Crippen MR) is 152 cm³/mol. The monoisotopic (exact) mass is 620 g/mol. The molecule has 0 radical (unpaired) electrons. The van der Waals surface area contributed by atoms with E-state index in [1.807, 2.05) is 0 Å².